The number of rotatable bonds is 3. The van der Waals surface area contributed by atoms with Gasteiger partial charge >= 0.3 is 6.03 Å². The largest absolute Gasteiger partial charge is 0.486 e. The molecule has 7 nitrogen and oxygen atoms in total. The molecule has 0 unspecified atom stereocenters. The summed E-state index contributed by atoms with van der Waals surface area (Å²) >= 11 is 0. The van der Waals surface area contributed by atoms with Crippen LogP contribution in [-0.2, 0) is 13.5 Å². The molecular formula is C18H22N4O3. The third-order valence-corrected chi connectivity index (χ3v) is 4.74. The van der Waals surface area contributed by atoms with Gasteiger partial charge in [-0.2, -0.15) is 5.10 Å². The van der Waals surface area contributed by atoms with Crippen LogP contribution in [0, 0.1) is 0 Å². The van der Waals surface area contributed by atoms with E-state index in [0.29, 0.717) is 18.9 Å². The van der Waals surface area contributed by atoms with E-state index in [2.05, 4.69) is 15.7 Å². The second-order valence-corrected chi connectivity index (χ2v) is 6.47. The fraction of sp³-hybridized carbons (Fsp3) is 0.444. The lowest BCUT2D eigenvalue weighted by Gasteiger charge is -2.27. The van der Waals surface area contributed by atoms with E-state index >= 15 is 0 Å². The van der Waals surface area contributed by atoms with Crippen LogP contribution in [0.4, 0.5) is 4.79 Å². The molecule has 1 aliphatic carbocycles. The SMILES string of the molecule is Cn1ncc2c1CCC[C@@H]2NC(=O)NC[C@@H]1COc2ccccc2O1. The van der Waals surface area contributed by atoms with E-state index < -0.39 is 0 Å². The third kappa shape index (κ3) is 3.26. The van der Waals surface area contributed by atoms with Crippen molar-refractivity contribution in [1.82, 2.24) is 20.4 Å². The summed E-state index contributed by atoms with van der Waals surface area (Å²) in [7, 11) is 1.94. The maximum atomic E-state index is 12.3. The lowest BCUT2D eigenvalue weighted by atomic mass is 9.93. The van der Waals surface area contributed by atoms with Crippen LogP contribution in [0.3, 0.4) is 0 Å². The van der Waals surface area contributed by atoms with Crippen LogP contribution < -0.4 is 20.1 Å². The van der Waals surface area contributed by atoms with Crippen LogP contribution in [0.1, 0.15) is 30.1 Å². The van der Waals surface area contributed by atoms with Crippen molar-refractivity contribution in [2.24, 2.45) is 7.05 Å². The van der Waals surface area contributed by atoms with Gasteiger partial charge in [0.1, 0.15) is 6.61 Å². The number of urea groups is 1. The molecule has 2 aliphatic rings. The van der Waals surface area contributed by atoms with Gasteiger partial charge in [-0.1, -0.05) is 12.1 Å². The number of nitrogens with zero attached hydrogens (tertiary/aromatic N) is 2. The molecule has 2 atom stereocenters. The van der Waals surface area contributed by atoms with E-state index in [9.17, 15) is 4.79 Å². The van der Waals surface area contributed by atoms with Gasteiger partial charge in [-0.05, 0) is 31.4 Å². The van der Waals surface area contributed by atoms with Crippen LogP contribution in [0.2, 0.25) is 0 Å². The van der Waals surface area contributed by atoms with Gasteiger partial charge in [0.05, 0.1) is 18.8 Å². The number of carbonyl (C=O) groups excluding carboxylic acids is 1. The normalized spacial score (nSPS) is 21.3. The first-order valence-corrected chi connectivity index (χ1v) is 8.64. The highest BCUT2D eigenvalue weighted by molar-refractivity contribution is 5.74. The van der Waals surface area contributed by atoms with Crippen molar-refractivity contribution < 1.29 is 14.3 Å². The van der Waals surface area contributed by atoms with E-state index in [1.807, 2.05) is 42.2 Å². The zero-order valence-electron chi connectivity index (χ0n) is 14.2. The Morgan fingerprint density at radius 3 is 3.08 bits per heavy atom. The van der Waals surface area contributed by atoms with Gasteiger partial charge in [0, 0.05) is 18.3 Å². The Bertz CT molecular complexity index is 773. The summed E-state index contributed by atoms with van der Waals surface area (Å²) in [5, 5.41) is 10.2. The highest BCUT2D eigenvalue weighted by atomic mass is 16.6. The molecule has 0 bridgehead atoms. The van der Waals surface area contributed by atoms with E-state index in [1.165, 1.54) is 5.69 Å². The zero-order valence-corrected chi connectivity index (χ0v) is 14.2. The van der Waals surface area contributed by atoms with E-state index in [4.69, 9.17) is 9.47 Å². The second kappa shape index (κ2) is 6.66. The van der Waals surface area contributed by atoms with Gasteiger partial charge in [0.2, 0.25) is 0 Å². The number of hydrogen-bond donors (Lipinski definition) is 2. The first-order chi connectivity index (χ1) is 12.2. The quantitative estimate of drug-likeness (QED) is 0.894. The van der Waals surface area contributed by atoms with Gasteiger partial charge in [0.25, 0.3) is 0 Å². The smallest absolute Gasteiger partial charge is 0.315 e. The minimum Gasteiger partial charge on any atom is -0.486 e. The molecule has 2 aromatic rings. The first kappa shape index (κ1) is 15.8. The predicted molar refractivity (Wildman–Crippen MR) is 91.8 cm³/mol. The molecule has 2 amide bonds. The fourth-order valence-electron chi connectivity index (χ4n) is 3.44. The molecular weight excluding hydrogens is 320 g/mol. The molecule has 0 saturated heterocycles. The Kier molecular flexibility index (Phi) is 4.21. The Morgan fingerprint density at radius 2 is 2.20 bits per heavy atom. The highest BCUT2D eigenvalue weighted by Crippen LogP contribution is 2.31. The van der Waals surface area contributed by atoms with Crippen molar-refractivity contribution in [3.05, 3.63) is 41.7 Å². The van der Waals surface area contributed by atoms with Crippen molar-refractivity contribution in [1.29, 1.82) is 0 Å². The van der Waals surface area contributed by atoms with Crippen molar-refractivity contribution in [3.8, 4) is 11.5 Å². The van der Waals surface area contributed by atoms with Crippen LogP contribution in [0.15, 0.2) is 30.5 Å². The second-order valence-electron chi connectivity index (χ2n) is 6.47. The van der Waals surface area contributed by atoms with Crippen LogP contribution >= 0.6 is 0 Å². The van der Waals surface area contributed by atoms with Crippen LogP contribution in [-0.4, -0.2) is 35.1 Å². The monoisotopic (exact) mass is 342 g/mol. The number of para-hydroxylation sites is 2. The number of carbonyl (C=O) groups is 1. The topological polar surface area (TPSA) is 77.4 Å². The third-order valence-electron chi connectivity index (χ3n) is 4.74. The number of ether oxygens (including phenoxy) is 2. The lowest BCUT2D eigenvalue weighted by molar-refractivity contribution is 0.0917. The van der Waals surface area contributed by atoms with Gasteiger partial charge in [-0.25, -0.2) is 4.79 Å². The van der Waals surface area contributed by atoms with E-state index in [1.54, 1.807) is 0 Å². The number of hydrogen-bond acceptors (Lipinski definition) is 4. The molecule has 2 N–H and O–H groups in total. The summed E-state index contributed by atoms with van der Waals surface area (Å²) in [6.45, 7) is 0.820. The minimum atomic E-state index is -0.194. The molecule has 2 heterocycles. The summed E-state index contributed by atoms with van der Waals surface area (Å²) in [4.78, 5) is 12.3. The van der Waals surface area contributed by atoms with Gasteiger partial charge in [-0.3, -0.25) is 4.68 Å². The lowest BCUT2D eigenvalue weighted by Crippen LogP contribution is -2.45. The Balaban J connectivity index is 1.31. The van der Waals surface area contributed by atoms with Gasteiger partial charge in [0.15, 0.2) is 17.6 Å². The fourth-order valence-corrected chi connectivity index (χ4v) is 3.44. The van der Waals surface area contributed by atoms with E-state index in [-0.39, 0.29) is 18.2 Å². The molecule has 25 heavy (non-hydrogen) atoms. The van der Waals surface area contributed by atoms with Crippen molar-refractivity contribution >= 4 is 6.03 Å². The number of nitrogens with one attached hydrogen (secondary N) is 2. The molecule has 0 fully saturated rings. The number of amides is 2. The predicted octanol–water partition coefficient (Wildman–Crippen LogP) is 1.94. The Morgan fingerprint density at radius 1 is 1.36 bits per heavy atom. The molecule has 1 aliphatic heterocycles. The summed E-state index contributed by atoms with van der Waals surface area (Å²) in [6, 6.07) is 7.38. The summed E-state index contributed by atoms with van der Waals surface area (Å²) in [5.41, 5.74) is 2.33. The highest BCUT2D eigenvalue weighted by Gasteiger charge is 2.26. The summed E-state index contributed by atoms with van der Waals surface area (Å²) < 4.78 is 13.4. The number of fused-ring (bicyclic) bond motifs is 2. The zero-order chi connectivity index (χ0) is 17.2. The number of aromatic nitrogens is 2. The van der Waals surface area contributed by atoms with E-state index in [0.717, 1.165) is 30.6 Å². The van der Waals surface area contributed by atoms with Gasteiger partial charge < -0.3 is 20.1 Å². The van der Waals surface area contributed by atoms with Crippen molar-refractivity contribution in [3.63, 3.8) is 0 Å². The molecule has 0 radical (unpaired) electrons. The Labute approximate surface area is 146 Å². The number of aryl methyl sites for hydroxylation is 1. The van der Waals surface area contributed by atoms with Crippen LogP contribution in [0.5, 0.6) is 11.5 Å². The molecule has 4 rings (SSSR count). The molecule has 1 aromatic heterocycles. The maximum Gasteiger partial charge on any atom is 0.315 e. The molecule has 7 heteroatoms. The van der Waals surface area contributed by atoms with Crippen molar-refractivity contribution in [2.75, 3.05) is 13.2 Å². The average molecular weight is 342 g/mol. The molecule has 132 valence electrons. The van der Waals surface area contributed by atoms with Crippen molar-refractivity contribution in [2.45, 2.75) is 31.4 Å². The molecule has 0 spiro atoms. The van der Waals surface area contributed by atoms with Crippen LogP contribution in [0.25, 0.3) is 0 Å². The summed E-state index contributed by atoms with van der Waals surface area (Å²) in [5.74, 6) is 1.46. The molecule has 1 aromatic carbocycles. The first-order valence-electron chi connectivity index (χ1n) is 8.64. The minimum absolute atomic E-state index is 0.0155. The standard InChI is InChI=1S/C18H22N4O3/c1-22-15-6-4-5-14(13(15)10-20-22)21-18(23)19-9-12-11-24-16-7-2-3-8-17(16)25-12/h2-3,7-8,10,12,14H,4-6,9,11H2,1H3,(H2,19,21,23)/t12-,14+/m1/s1. The maximum absolute atomic E-state index is 12.3. The van der Waals surface area contributed by atoms with Gasteiger partial charge in [-0.15, -0.1) is 0 Å². The number of benzene rings is 1. The molecule has 0 saturated carbocycles. The summed E-state index contributed by atoms with van der Waals surface area (Å²) in [6.07, 6.45) is 4.66. The average Bonchev–Trinajstić information content (AvgIpc) is 3.02. The Hall–Kier alpha value is -2.70.